The van der Waals surface area contributed by atoms with Crippen LogP contribution in [0.5, 0.6) is 0 Å². The van der Waals surface area contributed by atoms with Crippen LogP contribution in [-0.2, 0) is 4.79 Å². The minimum Gasteiger partial charge on any atom is -0.481 e. The summed E-state index contributed by atoms with van der Waals surface area (Å²) < 4.78 is 0. The molecule has 1 unspecified atom stereocenters. The van der Waals surface area contributed by atoms with Crippen molar-refractivity contribution in [1.29, 1.82) is 0 Å². The molecule has 0 bridgehead atoms. The highest BCUT2D eigenvalue weighted by Gasteiger charge is 2.32. The highest BCUT2D eigenvalue weighted by atomic mass is 16.4. The molecule has 1 rings (SSSR count). The maximum Gasteiger partial charge on any atom is 0.315 e. The first kappa shape index (κ1) is 15.8. The summed E-state index contributed by atoms with van der Waals surface area (Å²) in [4.78, 5) is 22.1. The molecule has 0 aromatic rings. The number of carboxylic acid groups (broad SMARTS) is 1. The fourth-order valence-corrected chi connectivity index (χ4v) is 2.57. The van der Waals surface area contributed by atoms with E-state index in [1.54, 1.807) is 0 Å². The smallest absolute Gasteiger partial charge is 0.315 e. The lowest BCUT2D eigenvalue weighted by Crippen LogP contribution is -2.50. The van der Waals surface area contributed by atoms with Gasteiger partial charge in [0.05, 0.1) is 0 Å². The molecule has 1 saturated carbocycles. The van der Waals surface area contributed by atoms with E-state index >= 15 is 0 Å². The number of unbranched alkanes of at least 4 members (excludes halogenated alkanes) is 1. The largest absolute Gasteiger partial charge is 0.481 e. The average Bonchev–Trinajstić information content (AvgIpc) is 2.31. The Labute approximate surface area is 115 Å². The highest BCUT2D eigenvalue weighted by Crippen LogP contribution is 2.35. The number of aliphatic carboxylic acids is 1. The van der Waals surface area contributed by atoms with E-state index in [1.165, 1.54) is 12.8 Å². The van der Waals surface area contributed by atoms with Gasteiger partial charge in [-0.05, 0) is 31.1 Å². The van der Waals surface area contributed by atoms with Gasteiger partial charge in [-0.2, -0.15) is 0 Å². The second kappa shape index (κ2) is 7.36. The van der Waals surface area contributed by atoms with E-state index in [0.717, 1.165) is 12.8 Å². The topological polar surface area (TPSA) is 78.4 Å². The molecule has 1 aliphatic rings. The summed E-state index contributed by atoms with van der Waals surface area (Å²) in [5.74, 6) is -0.784. The molecule has 0 radical (unpaired) electrons. The van der Waals surface area contributed by atoms with Gasteiger partial charge in [-0.15, -0.1) is 0 Å². The summed E-state index contributed by atoms with van der Waals surface area (Å²) in [5, 5.41) is 14.3. The molecular formula is C14H26N2O3. The van der Waals surface area contributed by atoms with E-state index in [0.29, 0.717) is 19.4 Å². The molecule has 1 aliphatic carbocycles. The summed E-state index contributed by atoms with van der Waals surface area (Å²) in [6.45, 7) is 4.93. The maximum atomic E-state index is 11.8. The average molecular weight is 270 g/mol. The Balaban J connectivity index is 2.18. The predicted octanol–water partition coefficient (Wildman–Crippen LogP) is 2.51. The number of rotatable bonds is 6. The maximum absolute atomic E-state index is 11.8. The molecule has 0 spiro atoms. The summed E-state index contributed by atoms with van der Waals surface area (Å²) >= 11 is 0. The van der Waals surface area contributed by atoms with Gasteiger partial charge < -0.3 is 15.7 Å². The lowest BCUT2D eigenvalue weighted by atomic mass is 9.73. The number of hydrogen-bond acceptors (Lipinski definition) is 2. The van der Waals surface area contributed by atoms with Crippen molar-refractivity contribution in [3.8, 4) is 0 Å². The highest BCUT2D eigenvalue weighted by molar-refractivity contribution is 5.74. The van der Waals surface area contributed by atoms with E-state index < -0.39 is 5.97 Å². The summed E-state index contributed by atoms with van der Waals surface area (Å²) in [5.41, 5.74) is 0.166. The van der Waals surface area contributed by atoms with Crippen LogP contribution in [0.2, 0.25) is 0 Å². The first-order valence-electron chi connectivity index (χ1n) is 7.18. The minimum absolute atomic E-state index is 0.129. The second-order valence-electron chi connectivity index (χ2n) is 6.04. The zero-order valence-electron chi connectivity index (χ0n) is 12.0. The van der Waals surface area contributed by atoms with Gasteiger partial charge in [0.25, 0.3) is 0 Å². The lowest BCUT2D eigenvalue weighted by molar-refractivity contribution is -0.137. The molecule has 5 nitrogen and oxygen atoms in total. The van der Waals surface area contributed by atoms with Gasteiger partial charge >= 0.3 is 12.0 Å². The van der Waals surface area contributed by atoms with Gasteiger partial charge in [0.2, 0.25) is 0 Å². The van der Waals surface area contributed by atoms with E-state index in [9.17, 15) is 9.59 Å². The van der Waals surface area contributed by atoms with Crippen molar-refractivity contribution in [2.24, 2.45) is 5.41 Å². The van der Waals surface area contributed by atoms with E-state index in [4.69, 9.17) is 5.11 Å². The van der Waals surface area contributed by atoms with Crippen molar-refractivity contribution in [2.75, 3.05) is 6.54 Å². The van der Waals surface area contributed by atoms with Gasteiger partial charge in [-0.25, -0.2) is 4.79 Å². The third-order valence-electron chi connectivity index (χ3n) is 3.92. The number of carboxylic acids is 1. The van der Waals surface area contributed by atoms with Crippen molar-refractivity contribution in [2.45, 2.75) is 64.8 Å². The Bertz CT molecular complexity index is 316. The zero-order chi connectivity index (χ0) is 14.3. The standard InChI is InChI=1S/C14H26N2O3/c1-14(2)9-5-3-7-11(14)16-13(19)15-10-6-4-8-12(17)18/h11H,3-10H2,1-2H3,(H,17,18)(H2,15,16,19). The van der Waals surface area contributed by atoms with E-state index in [1.807, 2.05) is 0 Å². The number of hydrogen-bond donors (Lipinski definition) is 3. The van der Waals surface area contributed by atoms with Gasteiger partial charge in [-0.3, -0.25) is 4.79 Å². The fraction of sp³-hybridized carbons (Fsp3) is 0.857. The minimum atomic E-state index is -0.784. The first-order chi connectivity index (χ1) is 8.92. The van der Waals surface area contributed by atoms with Crippen molar-refractivity contribution < 1.29 is 14.7 Å². The molecule has 2 amide bonds. The number of urea groups is 1. The molecule has 5 heteroatoms. The van der Waals surface area contributed by atoms with Crippen LogP contribution < -0.4 is 10.6 Å². The van der Waals surface area contributed by atoms with Crippen LogP contribution in [-0.4, -0.2) is 29.7 Å². The SMILES string of the molecule is CC1(C)CCCCC1NC(=O)NCCCCC(=O)O. The Kier molecular flexibility index (Phi) is 6.12. The molecular weight excluding hydrogens is 244 g/mol. The Morgan fingerprint density at radius 2 is 2.00 bits per heavy atom. The molecule has 1 fully saturated rings. The second-order valence-corrected chi connectivity index (χ2v) is 6.04. The Hall–Kier alpha value is -1.26. The quantitative estimate of drug-likeness (QED) is 0.649. The third kappa shape index (κ3) is 5.94. The molecule has 0 aliphatic heterocycles. The zero-order valence-corrected chi connectivity index (χ0v) is 12.0. The van der Waals surface area contributed by atoms with E-state index in [-0.39, 0.29) is 23.9 Å². The van der Waals surface area contributed by atoms with Crippen LogP contribution in [0.15, 0.2) is 0 Å². The van der Waals surface area contributed by atoms with Gasteiger partial charge in [0.15, 0.2) is 0 Å². The molecule has 3 N–H and O–H groups in total. The van der Waals surface area contributed by atoms with E-state index in [2.05, 4.69) is 24.5 Å². The molecule has 0 aromatic heterocycles. The third-order valence-corrected chi connectivity index (χ3v) is 3.92. The van der Waals surface area contributed by atoms with Crippen molar-refractivity contribution in [1.82, 2.24) is 10.6 Å². The van der Waals surface area contributed by atoms with Crippen LogP contribution >= 0.6 is 0 Å². The van der Waals surface area contributed by atoms with Crippen molar-refractivity contribution in [3.63, 3.8) is 0 Å². The van der Waals surface area contributed by atoms with Gasteiger partial charge in [0.1, 0.15) is 0 Å². The number of carbonyl (C=O) groups is 2. The number of nitrogens with one attached hydrogen (secondary N) is 2. The molecule has 0 aromatic carbocycles. The fourth-order valence-electron chi connectivity index (χ4n) is 2.57. The van der Waals surface area contributed by atoms with Crippen LogP contribution in [0, 0.1) is 5.41 Å². The predicted molar refractivity (Wildman–Crippen MR) is 74.1 cm³/mol. The summed E-state index contributed by atoms with van der Waals surface area (Å²) in [6, 6.07) is 0.107. The molecule has 19 heavy (non-hydrogen) atoms. The normalized spacial score (nSPS) is 21.7. The summed E-state index contributed by atoms with van der Waals surface area (Å²) in [7, 11) is 0. The van der Waals surface area contributed by atoms with Gasteiger partial charge in [-0.1, -0.05) is 26.7 Å². The Morgan fingerprint density at radius 3 is 2.63 bits per heavy atom. The van der Waals surface area contributed by atoms with Crippen molar-refractivity contribution in [3.05, 3.63) is 0 Å². The van der Waals surface area contributed by atoms with Crippen LogP contribution in [0.1, 0.15) is 58.8 Å². The first-order valence-corrected chi connectivity index (χ1v) is 7.18. The number of amides is 2. The van der Waals surface area contributed by atoms with Gasteiger partial charge in [0, 0.05) is 19.0 Å². The van der Waals surface area contributed by atoms with Crippen LogP contribution in [0.4, 0.5) is 4.79 Å². The monoisotopic (exact) mass is 270 g/mol. The lowest BCUT2D eigenvalue weighted by Gasteiger charge is -2.38. The van der Waals surface area contributed by atoms with Crippen LogP contribution in [0.3, 0.4) is 0 Å². The van der Waals surface area contributed by atoms with Crippen LogP contribution in [0.25, 0.3) is 0 Å². The molecule has 1 atom stereocenters. The molecule has 0 heterocycles. The number of carbonyl (C=O) groups excluding carboxylic acids is 1. The Morgan fingerprint density at radius 1 is 1.26 bits per heavy atom. The molecule has 110 valence electrons. The summed E-state index contributed by atoms with van der Waals surface area (Å²) in [6.07, 6.45) is 6.07. The van der Waals surface area contributed by atoms with Crippen molar-refractivity contribution >= 4 is 12.0 Å². The molecule has 0 saturated heterocycles.